The van der Waals surface area contributed by atoms with Crippen LogP contribution in [0.15, 0.2) is 65.3 Å². The summed E-state index contributed by atoms with van der Waals surface area (Å²) in [6.45, 7) is 0. The molecule has 0 aliphatic carbocycles. The number of rotatable bonds is 2. The Kier molecular flexibility index (Phi) is 3.48. The fraction of sp³-hybridized carbons (Fsp3) is 0. The van der Waals surface area contributed by atoms with Crippen LogP contribution in [0.1, 0.15) is 0 Å². The molecule has 0 aliphatic rings. The number of benzene rings is 2. The van der Waals surface area contributed by atoms with Crippen LogP contribution in [0, 0.1) is 0 Å². The van der Waals surface area contributed by atoms with Gasteiger partial charge >= 0.3 is 0 Å². The Labute approximate surface area is 125 Å². The van der Waals surface area contributed by atoms with Crippen LogP contribution in [0.5, 0.6) is 0 Å². The van der Waals surface area contributed by atoms with Gasteiger partial charge in [-0.05, 0) is 6.07 Å². The summed E-state index contributed by atoms with van der Waals surface area (Å²) in [5, 5.41) is 0. The molecule has 20 heavy (non-hydrogen) atoms. The summed E-state index contributed by atoms with van der Waals surface area (Å²) in [7, 11) is 0. The molecule has 0 unspecified atom stereocenters. The van der Waals surface area contributed by atoms with Crippen molar-refractivity contribution in [2.75, 3.05) is 5.73 Å². The number of aromatic nitrogens is 2. The minimum atomic E-state index is 0.478. The number of anilines is 1. The van der Waals surface area contributed by atoms with Crippen LogP contribution in [0.3, 0.4) is 0 Å². The average Bonchev–Trinajstić information content (AvgIpc) is 2.49. The summed E-state index contributed by atoms with van der Waals surface area (Å²) in [5.41, 5.74) is 8.87. The topological polar surface area (TPSA) is 51.8 Å². The van der Waals surface area contributed by atoms with Gasteiger partial charge in [0.25, 0.3) is 0 Å². The van der Waals surface area contributed by atoms with E-state index in [9.17, 15) is 0 Å². The summed E-state index contributed by atoms with van der Waals surface area (Å²) in [6, 6.07) is 17.7. The van der Waals surface area contributed by atoms with E-state index in [0.717, 1.165) is 21.2 Å². The summed E-state index contributed by atoms with van der Waals surface area (Å²) < 4.78 is 0.975. The standard InChI is InChI=1S/C16H12BrN3/c17-14-9-5-4-8-12(14)13-10-19-16(20-15(13)18)11-6-2-1-3-7-11/h1-10H,(H2,18,19,20). The molecule has 0 spiro atoms. The molecule has 3 aromatic rings. The minimum Gasteiger partial charge on any atom is -0.383 e. The number of hydrogen-bond acceptors (Lipinski definition) is 3. The lowest BCUT2D eigenvalue weighted by Crippen LogP contribution is -1.99. The van der Waals surface area contributed by atoms with Crippen molar-refractivity contribution < 1.29 is 0 Å². The Bertz CT molecular complexity index is 742. The molecule has 0 fully saturated rings. The highest BCUT2D eigenvalue weighted by Gasteiger charge is 2.10. The molecule has 98 valence electrons. The molecule has 3 rings (SSSR count). The highest BCUT2D eigenvalue weighted by molar-refractivity contribution is 9.10. The van der Waals surface area contributed by atoms with Crippen LogP contribution in [-0.2, 0) is 0 Å². The largest absolute Gasteiger partial charge is 0.383 e. The summed E-state index contributed by atoms with van der Waals surface area (Å²) >= 11 is 3.52. The van der Waals surface area contributed by atoms with Crippen molar-refractivity contribution in [3.8, 4) is 22.5 Å². The second kappa shape index (κ2) is 5.43. The third kappa shape index (κ3) is 2.42. The zero-order valence-corrected chi connectivity index (χ0v) is 12.2. The van der Waals surface area contributed by atoms with Gasteiger partial charge in [-0.1, -0.05) is 64.5 Å². The zero-order chi connectivity index (χ0) is 13.9. The van der Waals surface area contributed by atoms with E-state index in [1.54, 1.807) is 6.20 Å². The lowest BCUT2D eigenvalue weighted by atomic mass is 10.1. The van der Waals surface area contributed by atoms with Crippen molar-refractivity contribution in [2.45, 2.75) is 0 Å². The molecule has 2 N–H and O–H groups in total. The molecule has 0 aliphatic heterocycles. The van der Waals surface area contributed by atoms with Gasteiger partial charge in [0, 0.05) is 27.4 Å². The van der Waals surface area contributed by atoms with Crippen LogP contribution >= 0.6 is 15.9 Å². The van der Waals surface area contributed by atoms with Gasteiger partial charge in [-0.3, -0.25) is 0 Å². The molecule has 0 amide bonds. The van der Waals surface area contributed by atoms with Gasteiger partial charge in [-0.2, -0.15) is 0 Å². The zero-order valence-electron chi connectivity index (χ0n) is 10.6. The molecule has 0 bridgehead atoms. The second-order valence-corrected chi connectivity index (χ2v) is 5.19. The van der Waals surface area contributed by atoms with Gasteiger partial charge < -0.3 is 5.73 Å². The van der Waals surface area contributed by atoms with Crippen molar-refractivity contribution in [1.29, 1.82) is 0 Å². The van der Waals surface area contributed by atoms with Crippen LogP contribution < -0.4 is 5.73 Å². The fourth-order valence-corrected chi connectivity index (χ4v) is 2.51. The Morgan fingerprint density at radius 3 is 2.25 bits per heavy atom. The predicted octanol–water partition coefficient (Wildman–Crippen LogP) is 4.16. The van der Waals surface area contributed by atoms with Gasteiger partial charge in [-0.15, -0.1) is 0 Å². The molecule has 0 saturated carbocycles. The molecule has 4 heteroatoms. The Balaban J connectivity index is 2.07. The molecule has 3 nitrogen and oxygen atoms in total. The van der Waals surface area contributed by atoms with Gasteiger partial charge in [0.05, 0.1) is 0 Å². The highest BCUT2D eigenvalue weighted by atomic mass is 79.9. The van der Waals surface area contributed by atoms with Crippen molar-refractivity contribution >= 4 is 21.7 Å². The minimum absolute atomic E-state index is 0.478. The first-order valence-electron chi connectivity index (χ1n) is 6.18. The number of hydrogen-bond donors (Lipinski definition) is 1. The molecular formula is C16H12BrN3. The maximum Gasteiger partial charge on any atom is 0.161 e. The summed E-state index contributed by atoms with van der Waals surface area (Å²) in [4.78, 5) is 8.82. The number of nitrogen functional groups attached to an aromatic ring is 1. The van der Waals surface area contributed by atoms with E-state index in [2.05, 4.69) is 25.9 Å². The van der Waals surface area contributed by atoms with Crippen LogP contribution in [0.25, 0.3) is 22.5 Å². The smallest absolute Gasteiger partial charge is 0.161 e. The van der Waals surface area contributed by atoms with Gasteiger partial charge in [0.1, 0.15) is 5.82 Å². The maximum atomic E-state index is 6.09. The second-order valence-electron chi connectivity index (χ2n) is 4.34. The van der Waals surface area contributed by atoms with Crippen LogP contribution in [-0.4, -0.2) is 9.97 Å². The molecule has 0 radical (unpaired) electrons. The number of nitrogens with two attached hydrogens (primary N) is 1. The SMILES string of the molecule is Nc1nc(-c2ccccc2)ncc1-c1ccccc1Br. The van der Waals surface area contributed by atoms with Crippen LogP contribution in [0.4, 0.5) is 5.82 Å². The normalized spacial score (nSPS) is 10.4. The first-order chi connectivity index (χ1) is 9.75. The Hall–Kier alpha value is -2.20. The monoisotopic (exact) mass is 325 g/mol. The van der Waals surface area contributed by atoms with Crippen molar-refractivity contribution in [2.24, 2.45) is 0 Å². The van der Waals surface area contributed by atoms with E-state index < -0.39 is 0 Å². The van der Waals surface area contributed by atoms with E-state index in [-0.39, 0.29) is 0 Å². The fourth-order valence-electron chi connectivity index (χ4n) is 2.01. The third-order valence-electron chi connectivity index (χ3n) is 3.01. The van der Waals surface area contributed by atoms with Gasteiger partial charge in [0.2, 0.25) is 0 Å². The Morgan fingerprint density at radius 1 is 0.850 bits per heavy atom. The van der Waals surface area contributed by atoms with Gasteiger partial charge in [0.15, 0.2) is 5.82 Å². The molecule has 0 saturated heterocycles. The van der Waals surface area contributed by atoms with Crippen molar-refractivity contribution in [3.63, 3.8) is 0 Å². The average molecular weight is 326 g/mol. The molecule has 0 atom stereocenters. The first-order valence-corrected chi connectivity index (χ1v) is 6.98. The molecule has 1 heterocycles. The van der Waals surface area contributed by atoms with Crippen molar-refractivity contribution in [3.05, 3.63) is 65.3 Å². The van der Waals surface area contributed by atoms with Crippen LogP contribution in [0.2, 0.25) is 0 Å². The molecule has 2 aromatic carbocycles. The quantitative estimate of drug-likeness (QED) is 0.769. The maximum absolute atomic E-state index is 6.09. The predicted molar refractivity (Wildman–Crippen MR) is 85.0 cm³/mol. The summed E-state index contributed by atoms with van der Waals surface area (Å²) in [6.07, 6.45) is 1.77. The first kappa shape index (κ1) is 12.8. The molecular weight excluding hydrogens is 314 g/mol. The third-order valence-corrected chi connectivity index (χ3v) is 3.71. The Morgan fingerprint density at radius 2 is 1.55 bits per heavy atom. The number of halogens is 1. The molecule has 1 aromatic heterocycles. The van der Waals surface area contributed by atoms with E-state index in [4.69, 9.17) is 5.73 Å². The van der Waals surface area contributed by atoms with E-state index in [1.807, 2.05) is 54.6 Å². The van der Waals surface area contributed by atoms with E-state index >= 15 is 0 Å². The number of nitrogens with zero attached hydrogens (tertiary/aromatic N) is 2. The highest BCUT2D eigenvalue weighted by Crippen LogP contribution is 2.31. The van der Waals surface area contributed by atoms with E-state index in [1.165, 1.54) is 0 Å². The lowest BCUT2D eigenvalue weighted by molar-refractivity contribution is 1.19. The van der Waals surface area contributed by atoms with Crippen molar-refractivity contribution in [1.82, 2.24) is 9.97 Å². The van der Waals surface area contributed by atoms with Gasteiger partial charge in [-0.25, -0.2) is 9.97 Å². The summed E-state index contributed by atoms with van der Waals surface area (Å²) in [5.74, 6) is 1.12. The van der Waals surface area contributed by atoms with E-state index in [0.29, 0.717) is 11.6 Å². The lowest BCUT2D eigenvalue weighted by Gasteiger charge is -2.08.